The Labute approximate surface area is 311 Å². The molecule has 6 rings (SSSR count). The smallest absolute Gasteiger partial charge is 0.337 e. The van der Waals surface area contributed by atoms with Crippen LogP contribution in [0, 0.1) is 17.5 Å². The molecule has 0 bridgehead atoms. The van der Waals surface area contributed by atoms with Gasteiger partial charge in [-0.2, -0.15) is 0 Å². The second-order valence-corrected chi connectivity index (χ2v) is 13.1. The number of aromatic nitrogens is 4. The second kappa shape index (κ2) is 17.4. The molecule has 0 saturated carbocycles. The zero-order valence-electron chi connectivity index (χ0n) is 27.0. The average Bonchev–Trinajstić information content (AvgIpc) is 3.03. The van der Waals surface area contributed by atoms with Crippen molar-refractivity contribution in [3.8, 4) is 0 Å². The number of fused-ring (bicyclic) bond motifs is 2. The fourth-order valence-corrected chi connectivity index (χ4v) is 5.55. The number of halogens is 6. The van der Waals surface area contributed by atoms with Crippen LogP contribution in [0.2, 0.25) is 5.28 Å². The Hall–Kier alpha value is -4.90. The molecule has 0 aliphatic carbocycles. The molecule has 5 N–H and O–H groups in total. The highest BCUT2D eigenvalue weighted by Crippen LogP contribution is 2.26. The Balaban J connectivity index is 0.000000200. The Morgan fingerprint density at radius 1 is 0.863 bits per heavy atom. The molecular formula is C34H28Br2ClF3N8O3. The van der Waals surface area contributed by atoms with E-state index in [4.69, 9.17) is 22.4 Å². The number of anilines is 4. The van der Waals surface area contributed by atoms with Crippen LogP contribution in [0.15, 0.2) is 82.0 Å². The van der Waals surface area contributed by atoms with E-state index in [1.54, 1.807) is 24.4 Å². The average molecular weight is 849 g/mol. The highest BCUT2D eigenvalue weighted by atomic mass is 79.9. The maximum Gasteiger partial charge on any atom is 0.337 e. The SMILES string of the molecule is CC(=O)Nc1cc(CN(C)C)cc(Nc2ncc3cc(Br)cc(F)c3n2)c1.Fc1cc(Br)cc2cnc(Cl)nc12.Nc1c(F)cccc1C(=O)O. The molecule has 2 heterocycles. The van der Waals surface area contributed by atoms with Gasteiger partial charge in [-0.1, -0.05) is 37.9 Å². The van der Waals surface area contributed by atoms with E-state index in [1.165, 1.54) is 37.4 Å². The fourth-order valence-electron chi connectivity index (χ4n) is 4.52. The minimum Gasteiger partial charge on any atom is -0.478 e. The van der Waals surface area contributed by atoms with Gasteiger partial charge in [0, 0.05) is 57.0 Å². The maximum absolute atomic E-state index is 14.2. The quantitative estimate of drug-likeness (QED) is 0.0945. The summed E-state index contributed by atoms with van der Waals surface area (Å²) in [5.41, 5.74) is 7.46. The van der Waals surface area contributed by atoms with Crippen LogP contribution in [0.25, 0.3) is 21.8 Å². The van der Waals surface area contributed by atoms with Crippen LogP contribution in [-0.2, 0) is 11.3 Å². The number of amides is 1. The first kappa shape index (κ1) is 38.9. The zero-order chi connectivity index (χ0) is 37.4. The van der Waals surface area contributed by atoms with Crippen molar-refractivity contribution < 1.29 is 27.9 Å². The Kier molecular flexibility index (Phi) is 13.2. The predicted molar refractivity (Wildman–Crippen MR) is 199 cm³/mol. The van der Waals surface area contributed by atoms with E-state index < -0.39 is 23.4 Å². The van der Waals surface area contributed by atoms with Gasteiger partial charge < -0.3 is 26.4 Å². The number of nitrogens with one attached hydrogen (secondary N) is 2. The molecule has 17 heteroatoms. The standard InChI is InChI=1S/C19H19BrFN5O.C8H3BrClFN2.C7H6FNO2/c1-11(27)23-15-4-12(10-26(2)3)5-16(8-15)24-19-22-9-13-6-14(20)7-17(21)18(13)25-19;9-5-1-4-3-12-8(10)13-7(4)6(11)2-5;8-5-3-1-2-4(6(5)9)7(10)11/h4-9H,10H2,1-3H3,(H,23,27)(H,22,24,25);1-3H;1-3H,9H2,(H,10,11). The van der Waals surface area contributed by atoms with Crippen LogP contribution in [0.3, 0.4) is 0 Å². The lowest BCUT2D eigenvalue weighted by Crippen LogP contribution is -2.12. The molecule has 1 amide bonds. The summed E-state index contributed by atoms with van der Waals surface area (Å²) in [4.78, 5) is 39.8. The Morgan fingerprint density at radius 2 is 1.45 bits per heavy atom. The summed E-state index contributed by atoms with van der Waals surface area (Å²) < 4.78 is 41.3. The third-order valence-corrected chi connectivity index (χ3v) is 7.62. The molecular weight excluding hydrogens is 821 g/mol. The monoisotopic (exact) mass is 846 g/mol. The number of aromatic carboxylic acids is 1. The van der Waals surface area contributed by atoms with Gasteiger partial charge in [-0.3, -0.25) is 4.79 Å². The molecule has 0 saturated heterocycles. The number of nitrogen functional groups attached to an aromatic ring is 1. The van der Waals surface area contributed by atoms with Gasteiger partial charge in [0.25, 0.3) is 0 Å². The zero-order valence-corrected chi connectivity index (χ0v) is 30.9. The topological polar surface area (TPSA) is 159 Å². The van der Waals surface area contributed by atoms with Crippen LogP contribution in [-0.4, -0.2) is 55.9 Å². The molecule has 2 aromatic heterocycles. The van der Waals surface area contributed by atoms with Crippen molar-refractivity contribution in [2.24, 2.45) is 0 Å². The molecule has 6 aromatic rings. The highest BCUT2D eigenvalue weighted by molar-refractivity contribution is 9.10. The van der Waals surface area contributed by atoms with Crippen LogP contribution in [0.5, 0.6) is 0 Å². The summed E-state index contributed by atoms with van der Waals surface area (Å²) in [6.45, 7) is 2.16. The summed E-state index contributed by atoms with van der Waals surface area (Å²) in [7, 11) is 3.93. The molecule has 11 nitrogen and oxygen atoms in total. The summed E-state index contributed by atoms with van der Waals surface area (Å²) in [6, 6.07) is 15.5. The number of benzene rings is 4. The lowest BCUT2D eigenvalue weighted by molar-refractivity contribution is -0.114. The van der Waals surface area contributed by atoms with Gasteiger partial charge in [0.15, 0.2) is 11.6 Å². The number of hydrogen-bond donors (Lipinski definition) is 4. The molecule has 0 atom stereocenters. The first-order valence-electron chi connectivity index (χ1n) is 14.6. The summed E-state index contributed by atoms with van der Waals surface area (Å²) >= 11 is 12.0. The number of nitrogens with zero attached hydrogens (tertiary/aromatic N) is 5. The molecule has 0 aliphatic rings. The van der Waals surface area contributed by atoms with E-state index in [0.29, 0.717) is 37.6 Å². The third-order valence-electron chi connectivity index (χ3n) is 6.52. The number of carbonyl (C=O) groups is 2. The van der Waals surface area contributed by atoms with E-state index in [9.17, 15) is 22.8 Å². The minimum absolute atomic E-state index is 0.0497. The number of carboxylic acid groups (broad SMARTS) is 1. The van der Waals surface area contributed by atoms with Crippen molar-refractivity contribution in [2.45, 2.75) is 13.5 Å². The van der Waals surface area contributed by atoms with E-state index in [1.807, 2.05) is 31.1 Å². The van der Waals surface area contributed by atoms with Gasteiger partial charge >= 0.3 is 5.97 Å². The number of hydrogen-bond acceptors (Lipinski definition) is 9. The molecule has 51 heavy (non-hydrogen) atoms. The van der Waals surface area contributed by atoms with Gasteiger partial charge in [-0.25, -0.2) is 37.9 Å². The van der Waals surface area contributed by atoms with Gasteiger partial charge in [0.05, 0.1) is 11.3 Å². The number of carbonyl (C=O) groups excluding carboxylic acids is 1. The van der Waals surface area contributed by atoms with Crippen molar-refractivity contribution in [3.63, 3.8) is 0 Å². The van der Waals surface area contributed by atoms with Crippen LogP contribution < -0.4 is 16.4 Å². The minimum atomic E-state index is -1.22. The lowest BCUT2D eigenvalue weighted by atomic mass is 10.1. The molecule has 0 unspecified atom stereocenters. The van der Waals surface area contributed by atoms with E-state index in [0.717, 1.165) is 11.6 Å². The summed E-state index contributed by atoms with van der Waals surface area (Å²) in [5, 5.41) is 15.6. The van der Waals surface area contributed by atoms with Crippen molar-refractivity contribution >= 4 is 100 Å². The molecule has 0 spiro atoms. The van der Waals surface area contributed by atoms with Crippen LogP contribution in [0.4, 0.5) is 36.2 Å². The van der Waals surface area contributed by atoms with Crippen molar-refractivity contribution in [1.82, 2.24) is 24.8 Å². The molecule has 264 valence electrons. The molecule has 0 fully saturated rings. The first-order valence-corrected chi connectivity index (χ1v) is 16.6. The summed E-state index contributed by atoms with van der Waals surface area (Å²) in [5.74, 6) is -2.64. The van der Waals surface area contributed by atoms with Crippen molar-refractivity contribution in [1.29, 1.82) is 0 Å². The number of para-hydroxylation sites is 1. The number of nitrogens with two attached hydrogens (primary N) is 1. The summed E-state index contributed by atoms with van der Waals surface area (Å²) in [6.07, 6.45) is 3.05. The van der Waals surface area contributed by atoms with Gasteiger partial charge in [0.1, 0.15) is 16.9 Å². The first-order chi connectivity index (χ1) is 24.1. The normalized spacial score (nSPS) is 10.6. The Bertz CT molecular complexity index is 2250. The number of carboxylic acids is 1. The highest BCUT2D eigenvalue weighted by Gasteiger charge is 2.11. The van der Waals surface area contributed by atoms with Gasteiger partial charge in [-0.05, 0) is 85.9 Å². The van der Waals surface area contributed by atoms with Crippen LogP contribution in [0.1, 0.15) is 22.8 Å². The van der Waals surface area contributed by atoms with Gasteiger partial charge in [0.2, 0.25) is 17.1 Å². The van der Waals surface area contributed by atoms with E-state index in [2.05, 4.69) is 62.4 Å². The van der Waals surface area contributed by atoms with Crippen molar-refractivity contribution in [3.05, 3.63) is 116 Å². The predicted octanol–water partition coefficient (Wildman–Crippen LogP) is 8.59. The maximum atomic E-state index is 14.2. The lowest BCUT2D eigenvalue weighted by Gasteiger charge is -2.14. The van der Waals surface area contributed by atoms with Crippen LogP contribution >= 0.6 is 43.5 Å². The molecule has 4 aromatic carbocycles. The Morgan fingerprint density at radius 3 is 2.02 bits per heavy atom. The third kappa shape index (κ3) is 11.0. The van der Waals surface area contributed by atoms with Gasteiger partial charge in [-0.15, -0.1) is 0 Å². The fraction of sp³-hybridized carbons (Fsp3) is 0.118. The van der Waals surface area contributed by atoms with E-state index >= 15 is 0 Å². The number of rotatable bonds is 6. The van der Waals surface area contributed by atoms with Crippen molar-refractivity contribution in [2.75, 3.05) is 30.5 Å². The molecule has 0 radical (unpaired) electrons. The second-order valence-electron chi connectivity index (χ2n) is 11.0. The van der Waals surface area contributed by atoms with E-state index in [-0.39, 0.29) is 39.4 Å². The molecule has 0 aliphatic heterocycles. The largest absolute Gasteiger partial charge is 0.478 e.